The quantitative estimate of drug-likeness (QED) is 0.730. The van der Waals surface area contributed by atoms with Crippen LogP contribution < -0.4 is 9.47 Å². The van der Waals surface area contributed by atoms with Gasteiger partial charge in [0.15, 0.2) is 11.5 Å². The molecule has 110 valence electrons. The van der Waals surface area contributed by atoms with Gasteiger partial charge < -0.3 is 9.47 Å². The van der Waals surface area contributed by atoms with Gasteiger partial charge in [-0.05, 0) is 12.1 Å². The van der Waals surface area contributed by atoms with Crippen molar-refractivity contribution >= 4 is 0 Å². The fourth-order valence-electron chi connectivity index (χ4n) is 1.13. The molecule has 1 rings (SSSR count). The number of ether oxygens (including phenoxy) is 2. The summed E-state index contributed by atoms with van der Waals surface area (Å²) in [5, 5.41) is 0. The van der Waals surface area contributed by atoms with Gasteiger partial charge in [0.05, 0.1) is 0 Å². The van der Waals surface area contributed by atoms with Gasteiger partial charge in [0.25, 0.3) is 12.2 Å². The lowest BCUT2D eigenvalue weighted by Crippen LogP contribution is -2.02. The third kappa shape index (κ3) is 4.87. The molecule has 8 heteroatoms. The fraction of sp³-hybridized carbons (Fsp3) is 0.167. The van der Waals surface area contributed by atoms with E-state index in [1.54, 1.807) is 0 Å². The Balaban J connectivity index is 2.76. The highest BCUT2D eigenvalue weighted by Gasteiger charge is 2.15. The molecule has 0 aliphatic heterocycles. The van der Waals surface area contributed by atoms with Gasteiger partial charge in [0, 0.05) is 12.2 Å². The summed E-state index contributed by atoms with van der Waals surface area (Å²) in [6.45, 7) is -1.29. The van der Waals surface area contributed by atoms with Crippen molar-refractivity contribution in [2.45, 2.75) is 0 Å². The highest BCUT2D eigenvalue weighted by molar-refractivity contribution is 5.35. The lowest BCUT2D eigenvalue weighted by Gasteiger charge is -2.09. The van der Waals surface area contributed by atoms with Crippen LogP contribution in [0, 0.1) is 11.6 Å². The van der Waals surface area contributed by atoms with Crippen molar-refractivity contribution in [2.24, 2.45) is 0 Å². The molecule has 0 N–H and O–H groups in total. The Hall–Kier alpha value is -2.12. The third-order valence-electron chi connectivity index (χ3n) is 1.96. The molecule has 0 aromatic heterocycles. The van der Waals surface area contributed by atoms with Crippen molar-refractivity contribution in [1.82, 2.24) is 0 Å². The first-order valence-electron chi connectivity index (χ1n) is 5.17. The predicted octanol–water partition coefficient (Wildman–Crippen LogP) is 4.28. The summed E-state index contributed by atoms with van der Waals surface area (Å²) in [6.07, 6.45) is -3.30. The maximum atomic E-state index is 13.4. The van der Waals surface area contributed by atoms with E-state index in [9.17, 15) is 26.3 Å². The average Bonchev–Trinajstić information content (AvgIpc) is 2.36. The van der Waals surface area contributed by atoms with Crippen LogP contribution in [0.1, 0.15) is 0 Å². The van der Waals surface area contributed by atoms with Crippen molar-refractivity contribution in [3.8, 4) is 11.5 Å². The van der Waals surface area contributed by atoms with Gasteiger partial charge in [-0.3, -0.25) is 0 Å². The summed E-state index contributed by atoms with van der Waals surface area (Å²) in [5.41, 5.74) is 0. The zero-order valence-electron chi connectivity index (χ0n) is 9.81. The Kier molecular flexibility index (Phi) is 5.95. The molecule has 0 unspecified atom stereocenters. The van der Waals surface area contributed by atoms with Crippen molar-refractivity contribution < 1.29 is 35.8 Å². The van der Waals surface area contributed by atoms with E-state index in [1.165, 1.54) is 0 Å². The zero-order valence-corrected chi connectivity index (χ0v) is 9.81. The standard InChI is InChI=1S/C12H8F6O2/c13-9(14)3-5-19-7-1-2-8(12(18)11(7)17)20-6-4-10(15)16/h1-4H,5-6H2. The normalized spacial score (nSPS) is 9.90. The number of hydrogen-bond donors (Lipinski definition) is 0. The number of halogens is 6. The summed E-state index contributed by atoms with van der Waals surface area (Å²) in [5.74, 6) is -4.11. The largest absolute Gasteiger partial charge is 0.486 e. The molecule has 1 aromatic rings. The van der Waals surface area contributed by atoms with Gasteiger partial charge in [-0.25, -0.2) is 0 Å². The van der Waals surface area contributed by atoms with Crippen molar-refractivity contribution in [2.75, 3.05) is 13.2 Å². The van der Waals surface area contributed by atoms with Crippen LogP contribution in [0.3, 0.4) is 0 Å². The maximum absolute atomic E-state index is 13.4. The van der Waals surface area contributed by atoms with Crippen molar-refractivity contribution in [1.29, 1.82) is 0 Å². The van der Waals surface area contributed by atoms with Crippen LogP contribution in [0.25, 0.3) is 0 Å². The molecule has 0 aliphatic carbocycles. The van der Waals surface area contributed by atoms with Gasteiger partial charge in [0.2, 0.25) is 11.6 Å². The molecule has 0 heterocycles. The first kappa shape index (κ1) is 15.9. The van der Waals surface area contributed by atoms with Gasteiger partial charge in [0.1, 0.15) is 13.2 Å². The monoisotopic (exact) mass is 298 g/mol. The lowest BCUT2D eigenvalue weighted by atomic mass is 10.3. The molecule has 2 nitrogen and oxygen atoms in total. The van der Waals surface area contributed by atoms with E-state index in [2.05, 4.69) is 9.47 Å². The van der Waals surface area contributed by atoms with Gasteiger partial charge in [-0.1, -0.05) is 0 Å². The smallest absolute Gasteiger partial charge is 0.269 e. The molecule has 0 spiro atoms. The summed E-state index contributed by atoms with van der Waals surface area (Å²) < 4.78 is 82.8. The van der Waals surface area contributed by atoms with E-state index < -0.39 is 48.5 Å². The molecular formula is C12H8F6O2. The third-order valence-corrected chi connectivity index (χ3v) is 1.96. The second-order valence-electron chi connectivity index (χ2n) is 3.30. The minimum atomic E-state index is -2.02. The lowest BCUT2D eigenvalue weighted by molar-refractivity contribution is 0.300. The maximum Gasteiger partial charge on any atom is 0.269 e. The highest BCUT2D eigenvalue weighted by atomic mass is 19.3. The first-order chi connectivity index (χ1) is 9.41. The molecule has 0 atom stereocenters. The zero-order chi connectivity index (χ0) is 15.1. The Morgan fingerprint density at radius 1 is 0.800 bits per heavy atom. The molecule has 0 fully saturated rings. The highest BCUT2D eigenvalue weighted by Crippen LogP contribution is 2.27. The average molecular weight is 298 g/mol. The van der Waals surface area contributed by atoms with Crippen LogP contribution in [0.5, 0.6) is 11.5 Å². The summed E-state index contributed by atoms with van der Waals surface area (Å²) in [7, 11) is 0. The summed E-state index contributed by atoms with van der Waals surface area (Å²) in [4.78, 5) is 0. The van der Waals surface area contributed by atoms with Crippen LogP contribution in [-0.4, -0.2) is 13.2 Å². The van der Waals surface area contributed by atoms with E-state index in [0.29, 0.717) is 12.2 Å². The van der Waals surface area contributed by atoms with Crippen molar-refractivity contribution in [3.63, 3.8) is 0 Å². The Morgan fingerprint density at radius 3 is 1.45 bits per heavy atom. The number of hydrogen-bond acceptors (Lipinski definition) is 2. The number of rotatable bonds is 6. The molecule has 0 amide bonds. The molecule has 0 aliphatic rings. The molecule has 0 bridgehead atoms. The minimum Gasteiger partial charge on any atom is -0.486 e. The van der Waals surface area contributed by atoms with Crippen LogP contribution in [0.15, 0.2) is 36.4 Å². The van der Waals surface area contributed by atoms with E-state index in [1.807, 2.05) is 0 Å². The summed E-state index contributed by atoms with van der Waals surface area (Å²) >= 11 is 0. The molecule has 0 radical (unpaired) electrons. The van der Waals surface area contributed by atoms with E-state index >= 15 is 0 Å². The Morgan fingerprint density at radius 2 is 1.15 bits per heavy atom. The fourth-order valence-corrected chi connectivity index (χ4v) is 1.13. The Labute approximate surface area is 109 Å². The molecule has 20 heavy (non-hydrogen) atoms. The second-order valence-corrected chi connectivity index (χ2v) is 3.30. The SMILES string of the molecule is FC(F)=CCOc1ccc(OCC=C(F)F)c(F)c1F. The number of benzene rings is 1. The molecule has 1 aromatic carbocycles. The molecule has 0 saturated carbocycles. The van der Waals surface area contributed by atoms with Gasteiger partial charge in [-0.15, -0.1) is 0 Å². The Bertz CT molecular complexity index is 472. The van der Waals surface area contributed by atoms with Gasteiger partial charge >= 0.3 is 0 Å². The first-order valence-corrected chi connectivity index (χ1v) is 5.17. The predicted molar refractivity (Wildman–Crippen MR) is 57.9 cm³/mol. The van der Waals surface area contributed by atoms with Crippen LogP contribution in [0.2, 0.25) is 0 Å². The summed E-state index contributed by atoms with van der Waals surface area (Å²) in [6, 6.07) is 1.88. The molecular weight excluding hydrogens is 290 g/mol. The van der Waals surface area contributed by atoms with Gasteiger partial charge in [-0.2, -0.15) is 26.3 Å². The van der Waals surface area contributed by atoms with Crippen molar-refractivity contribution in [3.05, 3.63) is 48.1 Å². The second kappa shape index (κ2) is 7.46. The van der Waals surface area contributed by atoms with Crippen LogP contribution in [-0.2, 0) is 0 Å². The van der Waals surface area contributed by atoms with Crippen LogP contribution >= 0.6 is 0 Å². The minimum absolute atomic E-state index is 0.372. The van der Waals surface area contributed by atoms with E-state index in [4.69, 9.17) is 0 Å². The van der Waals surface area contributed by atoms with E-state index in [0.717, 1.165) is 12.1 Å². The van der Waals surface area contributed by atoms with Crippen LogP contribution in [0.4, 0.5) is 26.3 Å². The van der Waals surface area contributed by atoms with E-state index in [-0.39, 0.29) is 0 Å². The topological polar surface area (TPSA) is 18.5 Å². The molecule has 0 saturated heterocycles.